The van der Waals surface area contributed by atoms with Crippen LogP contribution in [0.4, 0.5) is 0 Å². The molecule has 0 atom stereocenters. The molecule has 0 unspecified atom stereocenters. The highest BCUT2D eigenvalue weighted by atomic mass is 32.1. The predicted molar refractivity (Wildman–Crippen MR) is 72.0 cm³/mol. The summed E-state index contributed by atoms with van der Waals surface area (Å²) >= 11 is 1.70. The average molecular weight is 257 g/mol. The van der Waals surface area contributed by atoms with Crippen LogP contribution in [0.1, 0.15) is 10.4 Å². The van der Waals surface area contributed by atoms with Crippen LogP contribution in [-0.4, -0.2) is 17.5 Å². The number of hydrogen-bond donors (Lipinski definition) is 0. The maximum absolute atomic E-state index is 11.5. The quantitative estimate of drug-likeness (QED) is 0.658. The molecule has 0 saturated carbocycles. The lowest BCUT2D eigenvalue weighted by Gasteiger charge is -1.99. The standard InChI is InChI=1S/C14H11NO2S/c1-17-14(16)11-7-12-5-4-10(8-15(12)9-11)13-3-2-6-18-13/h2-9H,1H3. The minimum Gasteiger partial charge on any atom is -0.465 e. The Bertz CT molecular complexity index is 698. The molecule has 3 rings (SSSR count). The number of carbonyl (C=O) groups excluding carboxylic acids is 1. The zero-order valence-electron chi connectivity index (χ0n) is 9.79. The molecule has 0 aliphatic carbocycles. The molecule has 0 aromatic carbocycles. The number of aromatic nitrogens is 1. The highest BCUT2D eigenvalue weighted by Gasteiger charge is 2.09. The number of hydrogen-bond acceptors (Lipinski definition) is 3. The third kappa shape index (κ3) is 1.80. The monoisotopic (exact) mass is 257 g/mol. The molecule has 0 aliphatic rings. The van der Waals surface area contributed by atoms with E-state index in [-0.39, 0.29) is 5.97 Å². The van der Waals surface area contributed by atoms with Gasteiger partial charge in [-0.1, -0.05) is 6.07 Å². The number of methoxy groups -OCH3 is 1. The van der Waals surface area contributed by atoms with Crippen molar-refractivity contribution in [3.63, 3.8) is 0 Å². The minimum absolute atomic E-state index is 0.309. The van der Waals surface area contributed by atoms with Gasteiger partial charge in [0.25, 0.3) is 0 Å². The molecular weight excluding hydrogens is 246 g/mol. The zero-order chi connectivity index (χ0) is 12.5. The van der Waals surface area contributed by atoms with E-state index in [2.05, 4.69) is 17.5 Å². The van der Waals surface area contributed by atoms with Crippen molar-refractivity contribution in [2.45, 2.75) is 0 Å². The number of thiophene rings is 1. The molecule has 0 amide bonds. The van der Waals surface area contributed by atoms with Crippen LogP contribution in [-0.2, 0) is 4.74 Å². The molecule has 0 saturated heterocycles. The molecule has 90 valence electrons. The number of nitrogens with zero attached hydrogens (tertiary/aromatic N) is 1. The summed E-state index contributed by atoms with van der Waals surface area (Å²) in [5, 5.41) is 2.05. The molecule has 18 heavy (non-hydrogen) atoms. The smallest absolute Gasteiger partial charge is 0.339 e. The number of carbonyl (C=O) groups is 1. The van der Waals surface area contributed by atoms with E-state index in [4.69, 9.17) is 4.74 Å². The van der Waals surface area contributed by atoms with Gasteiger partial charge in [-0.3, -0.25) is 0 Å². The van der Waals surface area contributed by atoms with Crippen molar-refractivity contribution in [2.24, 2.45) is 0 Å². The van der Waals surface area contributed by atoms with E-state index >= 15 is 0 Å². The summed E-state index contributed by atoms with van der Waals surface area (Å²) in [6.45, 7) is 0. The molecule has 3 aromatic heterocycles. The molecule has 0 aliphatic heterocycles. The fourth-order valence-electron chi connectivity index (χ4n) is 1.93. The van der Waals surface area contributed by atoms with Crippen LogP contribution >= 0.6 is 11.3 Å². The fourth-order valence-corrected chi connectivity index (χ4v) is 2.65. The molecule has 3 nitrogen and oxygen atoms in total. The summed E-state index contributed by atoms with van der Waals surface area (Å²) in [5.41, 5.74) is 2.70. The van der Waals surface area contributed by atoms with Crippen LogP contribution in [0.3, 0.4) is 0 Å². The molecule has 0 fully saturated rings. The molecule has 0 spiro atoms. The topological polar surface area (TPSA) is 30.7 Å². The lowest BCUT2D eigenvalue weighted by molar-refractivity contribution is 0.0601. The van der Waals surface area contributed by atoms with Gasteiger partial charge in [0.2, 0.25) is 0 Å². The number of ether oxygens (including phenoxy) is 1. The first-order valence-electron chi connectivity index (χ1n) is 5.52. The Hall–Kier alpha value is -2.07. The van der Waals surface area contributed by atoms with Gasteiger partial charge in [0.05, 0.1) is 12.7 Å². The maximum atomic E-state index is 11.5. The summed E-state index contributed by atoms with van der Waals surface area (Å²) < 4.78 is 6.66. The summed E-state index contributed by atoms with van der Waals surface area (Å²) in [7, 11) is 1.39. The van der Waals surface area contributed by atoms with Crippen molar-refractivity contribution in [1.82, 2.24) is 4.40 Å². The van der Waals surface area contributed by atoms with E-state index in [9.17, 15) is 4.79 Å². The summed E-state index contributed by atoms with van der Waals surface area (Å²) in [5.74, 6) is -0.309. The normalized spacial score (nSPS) is 10.7. The Morgan fingerprint density at radius 2 is 2.17 bits per heavy atom. The SMILES string of the molecule is COC(=O)c1cc2ccc(-c3cccs3)cn2c1. The van der Waals surface area contributed by atoms with E-state index in [1.165, 1.54) is 12.0 Å². The zero-order valence-corrected chi connectivity index (χ0v) is 10.6. The van der Waals surface area contributed by atoms with Gasteiger partial charge >= 0.3 is 5.97 Å². The van der Waals surface area contributed by atoms with Gasteiger partial charge in [-0.05, 0) is 29.6 Å². The largest absolute Gasteiger partial charge is 0.465 e. The molecule has 0 bridgehead atoms. The third-order valence-corrected chi connectivity index (χ3v) is 3.74. The second-order valence-electron chi connectivity index (χ2n) is 3.95. The number of pyridine rings is 1. The first kappa shape index (κ1) is 11.0. The second kappa shape index (κ2) is 4.31. The highest BCUT2D eigenvalue weighted by Crippen LogP contribution is 2.25. The fraction of sp³-hybridized carbons (Fsp3) is 0.0714. The van der Waals surface area contributed by atoms with Gasteiger partial charge in [0, 0.05) is 28.4 Å². The number of rotatable bonds is 2. The van der Waals surface area contributed by atoms with Crippen LogP contribution in [0.5, 0.6) is 0 Å². The maximum Gasteiger partial charge on any atom is 0.339 e. The van der Waals surface area contributed by atoms with E-state index in [1.807, 2.05) is 28.8 Å². The van der Waals surface area contributed by atoms with Crippen LogP contribution in [0.15, 0.2) is 48.1 Å². The lowest BCUT2D eigenvalue weighted by atomic mass is 10.2. The molecule has 0 N–H and O–H groups in total. The Labute approximate surface area is 108 Å². The van der Waals surface area contributed by atoms with E-state index in [0.29, 0.717) is 5.56 Å². The van der Waals surface area contributed by atoms with E-state index in [1.54, 1.807) is 17.5 Å². The highest BCUT2D eigenvalue weighted by molar-refractivity contribution is 7.13. The first-order chi connectivity index (χ1) is 8.78. The van der Waals surface area contributed by atoms with Gasteiger partial charge in [0.1, 0.15) is 0 Å². The van der Waals surface area contributed by atoms with Crippen molar-refractivity contribution in [2.75, 3.05) is 7.11 Å². The third-order valence-electron chi connectivity index (χ3n) is 2.82. The van der Waals surface area contributed by atoms with Crippen molar-refractivity contribution in [3.8, 4) is 10.4 Å². The van der Waals surface area contributed by atoms with Crippen molar-refractivity contribution >= 4 is 22.8 Å². The van der Waals surface area contributed by atoms with Crippen LogP contribution in [0.2, 0.25) is 0 Å². The summed E-state index contributed by atoms with van der Waals surface area (Å²) in [6.07, 6.45) is 3.81. The van der Waals surface area contributed by atoms with Gasteiger partial charge in [-0.15, -0.1) is 11.3 Å². The summed E-state index contributed by atoms with van der Waals surface area (Å²) in [6, 6.07) is 9.99. The van der Waals surface area contributed by atoms with Crippen LogP contribution in [0.25, 0.3) is 16.0 Å². The Kier molecular flexibility index (Phi) is 2.64. The Morgan fingerprint density at radius 1 is 1.28 bits per heavy atom. The van der Waals surface area contributed by atoms with Crippen LogP contribution in [0, 0.1) is 0 Å². The van der Waals surface area contributed by atoms with Gasteiger partial charge in [-0.2, -0.15) is 0 Å². The molecule has 4 heteroatoms. The molecule has 3 heterocycles. The Balaban J connectivity index is 2.10. The molecule has 3 aromatic rings. The number of esters is 1. The summed E-state index contributed by atoms with van der Waals surface area (Å²) in [4.78, 5) is 12.7. The second-order valence-corrected chi connectivity index (χ2v) is 4.90. The van der Waals surface area contributed by atoms with E-state index in [0.717, 1.165) is 11.1 Å². The molecule has 0 radical (unpaired) electrons. The van der Waals surface area contributed by atoms with Crippen molar-refractivity contribution in [1.29, 1.82) is 0 Å². The van der Waals surface area contributed by atoms with Gasteiger partial charge in [-0.25, -0.2) is 4.79 Å². The Morgan fingerprint density at radius 3 is 2.89 bits per heavy atom. The van der Waals surface area contributed by atoms with Crippen LogP contribution < -0.4 is 0 Å². The molecular formula is C14H11NO2S. The predicted octanol–water partition coefficient (Wildman–Crippen LogP) is 3.45. The van der Waals surface area contributed by atoms with Gasteiger partial charge in [0.15, 0.2) is 0 Å². The number of fused-ring (bicyclic) bond motifs is 1. The van der Waals surface area contributed by atoms with Crippen molar-refractivity contribution < 1.29 is 9.53 Å². The van der Waals surface area contributed by atoms with Crippen molar-refractivity contribution in [3.05, 3.63) is 53.7 Å². The first-order valence-corrected chi connectivity index (χ1v) is 6.40. The minimum atomic E-state index is -0.309. The van der Waals surface area contributed by atoms with Gasteiger partial charge < -0.3 is 9.14 Å². The lowest BCUT2D eigenvalue weighted by Crippen LogP contribution is -1.98. The van der Waals surface area contributed by atoms with E-state index < -0.39 is 0 Å². The average Bonchev–Trinajstić information content (AvgIpc) is 3.05.